The lowest BCUT2D eigenvalue weighted by Gasteiger charge is -2.20. The van der Waals surface area contributed by atoms with Crippen molar-refractivity contribution >= 4 is 6.34 Å². The number of hydrogen-bond donors (Lipinski definition) is 2. The van der Waals surface area contributed by atoms with Crippen molar-refractivity contribution in [2.24, 2.45) is 4.99 Å². The van der Waals surface area contributed by atoms with Crippen LogP contribution in [0.15, 0.2) is 4.99 Å². The quantitative estimate of drug-likeness (QED) is 0.602. The van der Waals surface area contributed by atoms with Crippen molar-refractivity contribution < 1.29 is 9.50 Å². The van der Waals surface area contributed by atoms with Gasteiger partial charge >= 0.3 is 0 Å². The molecule has 0 aromatic carbocycles. The summed E-state index contributed by atoms with van der Waals surface area (Å²) < 4.78 is 13.5. The number of aliphatic hydroxyl groups is 1. The Morgan fingerprint density at radius 2 is 2.50 bits per heavy atom. The summed E-state index contributed by atoms with van der Waals surface area (Å²) in [5.74, 6) is -1.65. The highest BCUT2D eigenvalue weighted by atomic mass is 19.1. The normalized spacial score (nSPS) is 28.4. The molecule has 5 heteroatoms. The molecule has 0 spiro atoms. The summed E-state index contributed by atoms with van der Waals surface area (Å²) in [7, 11) is 0. The molecule has 0 aliphatic carbocycles. The lowest BCUT2D eigenvalue weighted by molar-refractivity contribution is 0.0623. The molecule has 1 atom stereocenters. The number of hydrazine groups is 1. The van der Waals surface area contributed by atoms with Crippen molar-refractivity contribution in [2.75, 3.05) is 13.2 Å². The number of hydrogen-bond acceptors (Lipinski definition) is 4. The fourth-order valence-electron chi connectivity index (χ4n) is 1.11. The molecule has 0 amide bonds. The molecule has 4 nitrogen and oxygen atoms in total. The van der Waals surface area contributed by atoms with E-state index in [2.05, 4.69) is 10.4 Å². The van der Waals surface area contributed by atoms with Gasteiger partial charge in [0.05, 0.1) is 13.2 Å². The van der Waals surface area contributed by atoms with Gasteiger partial charge in [-0.3, -0.25) is 5.01 Å². The van der Waals surface area contributed by atoms with Crippen LogP contribution in [0.1, 0.15) is 19.8 Å². The van der Waals surface area contributed by atoms with E-state index in [0.717, 1.165) is 6.42 Å². The van der Waals surface area contributed by atoms with Gasteiger partial charge in [-0.2, -0.15) is 9.82 Å². The van der Waals surface area contributed by atoms with Crippen LogP contribution >= 0.6 is 0 Å². The average molecular weight is 175 g/mol. The number of nitrogens with one attached hydrogen (secondary N) is 1. The Hall–Kier alpha value is -0.680. The van der Waals surface area contributed by atoms with E-state index in [0.29, 0.717) is 13.0 Å². The fraction of sp³-hybridized carbons (Fsp3) is 0.857. The molecule has 0 aromatic heterocycles. The smallest absolute Gasteiger partial charge is 0.272 e. The minimum atomic E-state index is -1.65. The van der Waals surface area contributed by atoms with E-state index in [4.69, 9.17) is 5.11 Å². The number of halogens is 1. The lowest BCUT2D eigenvalue weighted by atomic mass is 10.3. The first-order valence-corrected chi connectivity index (χ1v) is 4.10. The Labute approximate surface area is 71.1 Å². The third kappa shape index (κ3) is 2.15. The molecule has 2 N–H and O–H groups in total. The fourth-order valence-corrected chi connectivity index (χ4v) is 1.11. The van der Waals surface area contributed by atoms with Crippen molar-refractivity contribution in [3.05, 3.63) is 0 Å². The summed E-state index contributed by atoms with van der Waals surface area (Å²) in [6, 6.07) is 0. The second-order valence-electron chi connectivity index (χ2n) is 2.78. The predicted molar refractivity (Wildman–Crippen MR) is 44.2 cm³/mol. The van der Waals surface area contributed by atoms with Gasteiger partial charge in [0.25, 0.3) is 5.92 Å². The Bertz CT molecular complexity index is 176. The molecule has 0 radical (unpaired) electrons. The maximum atomic E-state index is 13.5. The van der Waals surface area contributed by atoms with Gasteiger partial charge in [0.15, 0.2) is 0 Å². The number of aliphatic hydroxyl groups excluding tert-OH is 1. The molecular formula is C7H14FN3O. The van der Waals surface area contributed by atoms with Crippen LogP contribution in [-0.4, -0.2) is 35.5 Å². The minimum absolute atomic E-state index is 0.0127. The molecule has 0 fully saturated rings. The van der Waals surface area contributed by atoms with Crippen LogP contribution in [0, 0.1) is 0 Å². The van der Waals surface area contributed by atoms with Crippen molar-refractivity contribution in [1.29, 1.82) is 0 Å². The molecule has 70 valence electrons. The number of nitrogens with zero attached hydrogens (tertiary/aromatic N) is 2. The summed E-state index contributed by atoms with van der Waals surface area (Å²) >= 11 is 0. The number of aliphatic imine (C=N–C) groups is 1. The largest absolute Gasteiger partial charge is 0.394 e. The van der Waals surface area contributed by atoms with Crippen LogP contribution in [-0.2, 0) is 0 Å². The number of alkyl halides is 1. The zero-order valence-electron chi connectivity index (χ0n) is 7.13. The van der Waals surface area contributed by atoms with E-state index in [-0.39, 0.29) is 6.61 Å². The van der Waals surface area contributed by atoms with Crippen LogP contribution in [0.2, 0.25) is 0 Å². The highest BCUT2D eigenvalue weighted by Crippen LogP contribution is 2.19. The molecule has 1 unspecified atom stereocenters. The van der Waals surface area contributed by atoms with E-state index in [1.165, 1.54) is 11.3 Å². The van der Waals surface area contributed by atoms with Gasteiger partial charge in [0.2, 0.25) is 0 Å². The van der Waals surface area contributed by atoms with Crippen LogP contribution in [0.3, 0.4) is 0 Å². The third-order valence-corrected chi connectivity index (χ3v) is 1.64. The van der Waals surface area contributed by atoms with E-state index < -0.39 is 5.92 Å². The third-order valence-electron chi connectivity index (χ3n) is 1.64. The minimum Gasteiger partial charge on any atom is -0.394 e. The first-order valence-electron chi connectivity index (χ1n) is 4.10. The highest BCUT2D eigenvalue weighted by molar-refractivity contribution is 5.57. The molecule has 1 rings (SSSR count). The summed E-state index contributed by atoms with van der Waals surface area (Å²) in [5, 5.41) is 10.0. The summed E-state index contributed by atoms with van der Waals surface area (Å²) in [6.07, 6.45) is 2.46. The molecule has 1 heterocycles. The second-order valence-corrected chi connectivity index (χ2v) is 2.78. The van der Waals surface area contributed by atoms with Gasteiger partial charge in [0, 0.05) is 6.42 Å². The van der Waals surface area contributed by atoms with Crippen molar-refractivity contribution in [3.63, 3.8) is 0 Å². The second kappa shape index (κ2) is 3.82. The molecule has 0 saturated carbocycles. The highest BCUT2D eigenvalue weighted by Gasteiger charge is 2.32. The monoisotopic (exact) mass is 175 g/mol. The Kier molecular flexibility index (Phi) is 2.99. The Morgan fingerprint density at radius 3 is 3.08 bits per heavy atom. The van der Waals surface area contributed by atoms with Crippen molar-refractivity contribution in [2.45, 2.75) is 25.7 Å². The maximum absolute atomic E-state index is 13.5. The van der Waals surface area contributed by atoms with Gasteiger partial charge in [-0.05, 0) is 6.42 Å². The van der Waals surface area contributed by atoms with E-state index >= 15 is 0 Å². The zero-order chi connectivity index (χ0) is 9.03. The van der Waals surface area contributed by atoms with E-state index in [1.807, 2.05) is 6.92 Å². The SMILES string of the molecule is CCCC1(F)N=CN(CCO)N1. The molecule has 0 bridgehead atoms. The summed E-state index contributed by atoms with van der Waals surface area (Å²) in [4.78, 5) is 3.67. The average Bonchev–Trinajstić information content (AvgIpc) is 2.34. The number of rotatable bonds is 4. The standard InChI is InChI=1S/C7H14FN3O/c1-2-3-7(8)9-6-11(10-7)4-5-12/h6,10,12H,2-5H2,1H3. The molecule has 12 heavy (non-hydrogen) atoms. The maximum Gasteiger partial charge on any atom is 0.272 e. The van der Waals surface area contributed by atoms with Gasteiger partial charge in [-0.25, -0.2) is 4.99 Å². The first kappa shape index (κ1) is 9.41. The molecule has 1 aliphatic heterocycles. The van der Waals surface area contributed by atoms with Crippen LogP contribution in [0.4, 0.5) is 4.39 Å². The van der Waals surface area contributed by atoms with Gasteiger partial charge in [0.1, 0.15) is 6.34 Å². The predicted octanol–water partition coefficient (Wildman–Crippen LogP) is 0.251. The van der Waals surface area contributed by atoms with Crippen LogP contribution in [0.5, 0.6) is 0 Å². The van der Waals surface area contributed by atoms with E-state index in [9.17, 15) is 4.39 Å². The van der Waals surface area contributed by atoms with E-state index in [1.54, 1.807) is 0 Å². The van der Waals surface area contributed by atoms with Crippen molar-refractivity contribution in [3.8, 4) is 0 Å². The van der Waals surface area contributed by atoms with Crippen LogP contribution in [0.25, 0.3) is 0 Å². The molecule has 0 saturated heterocycles. The Balaban J connectivity index is 2.39. The lowest BCUT2D eigenvalue weighted by Crippen LogP contribution is -2.44. The zero-order valence-corrected chi connectivity index (χ0v) is 7.13. The van der Waals surface area contributed by atoms with Gasteiger partial charge in [-0.1, -0.05) is 6.92 Å². The van der Waals surface area contributed by atoms with Gasteiger partial charge in [-0.15, -0.1) is 0 Å². The molecule has 1 aliphatic rings. The summed E-state index contributed by atoms with van der Waals surface area (Å²) in [5.41, 5.74) is 2.55. The van der Waals surface area contributed by atoms with Crippen molar-refractivity contribution in [1.82, 2.24) is 10.4 Å². The van der Waals surface area contributed by atoms with Gasteiger partial charge < -0.3 is 5.11 Å². The first-order chi connectivity index (χ1) is 5.70. The van der Waals surface area contributed by atoms with Crippen LogP contribution < -0.4 is 5.43 Å². The molecular weight excluding hydrogens is 161 g/mol. The summed E-state index contributed by atoms with van der Waals surface area (Å²) in [6.45, 7) is 2.24. The molecule has 0 aromatic rings. The number of β-amino-alcohol motifs (C(OH)–C–C–N with tert-alkyl or cyclic N) is 1. The Morgan fingerprint density at radius 1 is 1.75 bits per heavy atom. The topological polar surface area (TPSA) is 47.9 Å².